The molecule has 2 aromatic rings. The van der Waals surface area contributed by atoms with Gasteiger partial charge in [0.05, 0.1) is 12.1 Å². The quantitative estimate of drug-likeness (QED) is 0.734. The second kappa shape index (κ2) is 6.93. The molecule has 0 fully saturated rings. The van der Waals surface area contributed by atoms with Gasteiger partial charge in [-0.05, 0) is 36.7 Å². The highest BCUT2D eigenvalue weighted by Gasteiger charge is 2.12. The number of imidazole rings is 1. The van der Waals surface area contributed by atoms with Crippen molar-refractivity contribution in [2.45, 2.75) is 46.6 Å². The first-order chi connectivity index (χ1) is 9.71. The van der Waals surface area contributed by atoms with Crippen molar-refractivity contribution in [3.05, 3.63) is 23.0 Å². The first-order valence-corrected chi connectivity index (χ1v) is 7.96. The zero-order chi connectivity index (χ0) is 14.5. The van der Waals surface area contributed by atoms with E-state index in [1.54, 1.807) is 0 Å². The molecule has 0 spiro atoms. The van der Waals surface area contributed by atoms with Gasteiger partial charge in [0, 0.05) is 6.54 Å². The summed E-state index contributed by atoms with van der Waals surface area (Å²) in [6.45, 7) is 8.30. The third-order valence-corrected chi connectivity index (χ3v) is 4.15. The van der Waals surface area contributed by atoms with Gasteiger partial charge in [-0.25, -0.2) is 0 Å². The molecule has 0 atom stereocenters. The second-order valence-corrected chi connectivity index (χ2v) is 5.61. The number of para-hydroxylation sites is 1. The lowest BCUT2D eigenvalue weighted by Gasteiger charge is -2.14. The molecule has 0 bridgehead atoms. The molecule has 3 nitrogen and oxygen atoms in total. The van der Waals surface area contributed by atoms with Crippen LogP contribution in [0.3, 0.4) is 0 Å². The summed E-state index contributed by atoms with van der Waals surface area (Å²) < 4.78 is 8.80. The number of ether oxygens (including phenoxy) is 1. The summed E-state index contributed by atoms with van der Waals surface area (Å²) in [6, 6.07) is 6.16. The van der Waals surface area contributed by atoms with E-state index in [1.807, 2.05) is 12.1 Å². The molecule has 0 saturated heterocycles. The Morgan fingerprint density at radius 2 is 2.00 bits per heavy atom. The lowest BCUT2D eigenvalue weighted by molar-refractivity contribution is 0.320. The van der Waals surface area contributed by atoms with Gasteiger partial charge in [-0.2, -0.15) is 0 Å². The van der Waals surface area contributed by atoms with Crippen LogP contribution in [-0.4, -0.2) is 16.2 Å². The van der Waals surface area contributed by atoms with Gasteiger partial charge in [-0.1, -0.05) is 39.7 Å². The van der Waals surface area contributed by atoms with Crippen LogP contribution in [-0.2, 0) is 6.54 Å². The van der Waals surface area contributed by atoms with Crippen LogP contribution in [0.15, 0.2) is 18.2 Å². The Morgan fingerprint density at radius 3 is 2.65 bits per heavy atom. The molecular weight excluding hydrogens is 268 g/mol. The Hall–Kier alpha value is -1.29. The summed E-state index contributed by atoms with van der Waals surface area (Å²) in [5.74, 6) is 1.57. The van der Waals surface area contributed by atoms with Crippen LogP contribution < -0.4 is 4.74 Å². The molecule has 0 aliphatic heterocycles. The van der Waals surface area contributed by atoms with Crippen molar-refractivity contribution in [1.82, 2.24) is 9.55 Å². The van der Waals surface area contributed by atoms with E-state index in [2.05, 4.69) is 36.4 Å². The van der Waals surface area contributed by atoms with E-state index in [0.717, 1.165) is 41.1 Å². The number of rotatable bonds is 7. The van der Waals surface area contributed by atoms with E-state index in [-0.39, 0.29) is 0 Å². The minimum Gasteiger partial charge on any atom is -0.491 e. The highest BCUT2D eigenvalue weighted by atomic mass is 32.1. The Kier molecular flexibility index (Phi) is 5.24. The molecule has 1 heterocycles. The Morgan fingerprint density at radius 1 is 1.25 bits per heavy atom. The third-order valence-electron chi connectivity index (χ3n) is 3.83. The Labute approximate surface area is 126 Å². The molecular formula is C16H24N2OS. The number of benzene rings is 1. The third kappa shape index (κ3) is 3.06. The summed E-state index contributed by atoms with van der Waals surface area (Å²) in [7, 11) is 0. The SMILES string of the molecule is CCCOc1cccc2c1[nH]c(=S)n2CC(CC)CC. The number of aromatic nitrogens is 2. The smallest absolute Gasteiger partial charge is 0.178 e. The Bertz CT molecular complexity index is 610. The number of hydrogen-bond donors (Lipinski definition) is 1. The van der Waals surface area contributed by atoms with E-state index in [0.29, 0.717) is 5.92 Å². The molecule has 0 aliphatic carbocycles. The van der Waals surface area contributed by atoms with Gasteiger partial charge in [-0.15, -0.1) is 0 Å². The summed E-state index contributed by atoms with van der Waals surface area (Å²) in [6.07, 6.45) is 3.36. The molecule has 4 heteroatoms. The average molecular weight is 292 g/mol. The predicted octanol–water partition coefficient (Wildman–Crippen LogP) is 4.92. The van der Waals surface area contributed by atoms with Crippen molar-refractivity contribution in [3.63, 3.8) is 0 Å². The molecule has 0 saturated carbocycles. The van der Waals surface area contributed by atoms with Crippen LogP contribution in [0.1, 0.15) is 40.0 Å². The molecule has 0 unspecified atom stereocenters. The maximum absolute atomic E-state index is 5.80. The maximum atomic E-state index is 5.80. The molecule has 110 valence electrons. The first-order valence-electron chi connectivity index (χ1n) is 7.55. The van der Waals surface area contributed by atoms with Crippen LogP contribution in [0.2, 0.25) is 0 Å². The van der Waals surface area contributed by atoms with Gasteiger partial charge < -0.3 is 14.3 Å². The predicted molar refractivity (Wildman–Crippen MR) is 87.0 cm³/mol. The van der Waals surface area contributed by atoms with E-state index < -0.39 is 0 Å². The number of aromatic amines is 1. The zero-order valence-electron chi connectivity index (χ0n) is 12.6. The van der Waals surface area contributed by atoms with E-state index in [1.165, 1.54) is 12.8 Å². The minimum absolute atomic E-state index is 0.668. The molecule has 1 N–H and O–H groups in total. The van der Waals surface area contributed by atoms with Gasteiger partial charge in [0.25, 0.3) is 0 Å². The van der Waals surface area contributed by atoms with Crippen molar-refractivity contribution in [3.8, 4) is 5.75 Å². The van der Waals surface area contributed by atoms with Crippen molar-refractivity contribution in [2.75, 3.05) is 6.61 Å². The molecule has 20 heavy (non-hydrogen) atoms. The highest BCUT2D eigenvalue weighted by Crippen LogP contribution is 2.26. The summed E-state index contributed by atoms with van der Waals surface area (Å²) in [5, 5.41) is 0. The van der Waals surface area contributed by atoms with Crippen molar-refractivity contribution in [2.24, 2.45) is 5.92 Å². The summed E-state index contributed by atoms with van der Waals surface area (Å²) in [4.78, 5) is 3.31. The van der Waals surface area contributed by atoms with Crippen LogP contribution in [0.25, 0.3) is 11.0 Å². The molecule has 2 rings (SSSR count). The molecule has 1 aromatic carbocycles. The molecule has 0 aliphatic rings. The fraction of sp³-hybridized carbons (Fsp3) is 0.562. The van der Waals surface area contributed by atoms with Crippen molar-refractivity contribution >= 4 is 23.3 Å². The van der Waals surface area contributed by atoms with Crippen LogP contribution in [0, 0.1) is 10.7 Å². The highest BCUT2D eigenvalue weighted by molar-refractivity contribution is 7.71. The fourth-order valence-corrected chi connectivity index (χ4v) is 2.75. The topological polar surface area (TPSA) is 29.9 Å². The largest absolute Gasteiger partial charge is 0.491 e. The fourth-order valence-electron chi connectivity index (χ4n) is 2.47. The van der Waals surface area contributed by atoms with Gasteiger partial charge in [0.1, 0.15) is 11.3 Å². The molecule has 0 amide bonds. The van der Waals surface area contributed by atoms with E-state index in [9.17, 15) is 0 Å². The minimum atomic E-state index is 0.668. The monoisotopic (exact) mass is 292 g/mol. The van der Waals surface area contributed by atoms with Crippen molar-refractivity contribution < 1.29 is 4.74 Å². The standard InChI is InChI=1S/C16H24N2OS/c1-4-10-19-14-9-7-8-13-15(14)17-16(20)18(13)11-12(5-2)6-3/h7-9,12H,4-6,10-11H2,1-3H3,(H,17,20). The number of nitrogens with one attached hydrogen (secondary N) is 1. The van der Waals surface area contributed by atoms with Crippen LogP contribution >= 0.6 is 12.2 Å². The van der Waals surface area contributed by atoms with Gasteiger partial charge in [-0.3, -0.25) is 0 Å². The maximum Gasteiger partial charge on any atom is 0.178 e. The molecule has 1 aromatic heterocycles. The van der Waals surface area contributed by atoms with E-state index in [4.69, 9.17) is 17.0 Å². The first kappa shape index (κ1) is 15.1. The van der Waals surface area contributed by atoms with Crippen LogP contribution in [0.5, 0.6) is 5.75 Å². The normalized spacial score (nSPS) is 11.4. The van der Waals surface area contributed by atoms with Crippen molar-refractivity contribution in [1.29, 1.82) is 0 Å². The Balaban J connectivity index is 2.41. The lowest BCUT2D eigenvalue weighted by Crippen LogP contribution is -2.09. The lowest BCUT2D eigenvalue weighted by atomic mass is 10.0. The summed E-state index contributed by atoms with van der Waals surface area (Å²) >= 11 is 5.49. The molecule has 0 radical (unpaired) electrons. The van der Waals surface area contributed by atoms with Gasteiger partial charge >= 0.3 is 0 Å². The number of fused-ring (bicyclic) bond motifs is 1. The number of H-pyrrole nitrogens is 1. The number of nitrogens with zero attached hydrogens (tertiary/aromatic N) is 1. The van der Waals surface area contributed by atoms with E-state index >= 15 is 0 Å². The second-order valence-electron chi connectivity index (χ2n) is 5.22. The van der Waals surface area contributed by atoms with Crippen LogP contribution in [0.4, 0.5) is 0 Å². The van der Waals surface area contributed by atoms with Gasteiger partial charge in [0.2, 0.25) is 0 Å². The zero-order valence-corrected chi connectivity index (χ0v) is 13.4. The average Bonchev–Trinajstić information content (AvgIpc) is 2.78. The summed E-state index contributed by atoms with van der Waals surface area (Å²) in [5.41, 5.74) is 2.17. The van der Waals surface area contributed by atoms with Gasteiger partial charge in [0.15, 0.2) is 4.77 Å². The number of hydrogen-bond acceptors (Lipinski definition) is 2.